The van der Waals surface area contributed by atoms with Gasteiger partial charge in [-0.15, -0.1) is 0 Å². The molecule has 0 radical (unpaired) electrons. The number of amides is 1. The molecule has 0 saturated heterocycles. The van der Waals surface area contributed by atoms with Crippen molar-refractivity contribution in [2.75, 3.05) is 7.05 Å². The fourth-order valence-electron chi connectivity index (χ4n) is 1.36. The van der Waals surface area contributed by atoms with Gasteiger partial charge in [0.25, 0.3) is 5.91 Å². The van der Waals surface area contributed by atoms with E-state index in [9.17, 15) is 9.59 Å². The molecule has 1 aromatic heterocycles. The van der Waals surface area contributed by atoms with E-state index < -0.39 is 0 Å². The van der Waals surface area contributed by atoms with Crippen LogP contribution in [0.4, 0.5) is 0 Å². The predicted octanol–water partition coefficient (Wildman–Crippen LogP) is -0.0395. The molecule has 4 nitrogen and oxygen atoms in total. The number of nitrogens with zero attached hydrogens (tertiary/aromatic N) is 1. The van der Waals surface area contributed by atoms with Gasteiger partial charge < -0.3 is 9.88 Å². The normalized spacial score (nSPS) is 15.1. The number of fused-ring (bicyclic) bond motifs is 1. The lowest BCUT2D eigenvalue weighted by molar-refractivity contribution is 0.0816. The number of pyridine rings is 1. The van der Waals surface area contributed by atoms with Gasteiger partial charge in [0.1, 0.15) is 0 Å². The molecule has 62 valence electrons. The number of hydrogen-bond acceptors (Lipinski definition) is 2. The van der Waals surface area contributed by atoms with Gasteiger partial charge in [0.2, 0.25) is 5.56 Å². The summed E-state index contributed by atoms with van der Waals surface area (Å²) in [5.41, 5.74) is 1.20. The molecule has 4 heteroatoms. The minimum Gasteiger partial charge on any atom is -0.337 e. The van der Waals surface area contributed by atoms with Gasteiger partial charge in [0.15, 0.2) is 0 Å². The van der Waals surface area contributed by atoms with Crippen LogP contribution in [0.5, 0.6) is 0 Å². The molecule has 12 heavy (non-hydrogen) atoms. The van der Waals surface area contributed by atoms with Gasteiger partial charge in [0, 0.05) is 31.4 Å². The maximum atomic E-state index is 11.3. The number of hydrogen-bond donors (Lipinski definition) is 1. The van der Waals surface area contributed by atoms with E-state index in [4.69, 9.17) is 0 Å². The van der Waals surface area contributed by atoms with Crippen LogP contribution in [0.15, 0.2) is 17.1 Å². The Bertz CT molecular complexity index is 394. The second-order valence-corrected chi connectivity index (χ2v) is 2.90. The average molecular weight is 164 g/mol. The molecule has 0 spiro atoms. The molecular weight excluding hydrogens is 156 g/mol. The minimum atomic E-state index is -0.225. The smallest absolute Gasteiger partial charge is 0.254 e. The summed E-state index contributed by atoms with van der Waals surface area (Å²) in [5, 5.41) is 0. The summed E-state index contributed by atoms with van der Waals surface area (Å²) in [7, 11) is 1.72. The number of aromatic amines is 1. The Morgan fingerprint density at radius 1 is 1.50 bits per heavy atom. The molecule has 0 aromatic carbocycles. The number of rotatable bonds is 0. The highest BCUT2D eigenvalue weighted by atomic mass is 16.2. The van der Waals surface area contributed by atoms with Crippen LogP contribution in [-0.2, 0) is 6.54 Å². The Balaban J connectivity index is 2.63. The summed E-state index contributed by atoms with van der Waals surface area (Å²) >= 11 is 0. The van der Waals surface area contributed by atoms with E-state index in [1.807, 2.05) is 0 Å². The lowest BCUT2D eigenvalue weighted by Crippen LogP contribution is -2.18. The van der Waals surface area contributed by atoms with Gasteiger partial charge in [-0.3, -0.25) is 9.59 Å². The van der Waals surface area contributed by atoms with Crippen LogP contribution in [0.3, 0.4) is 0 Å². The van der Waals surface area contributed by atoms with E-state index in [-0.39, 0.29) is 11.5 Å². The molecule has 2 heterocycles. The highest BCUT2D eigenvalue weighted by molar-refractivity contribution is 5.97. The van der Waals surface area contributed by atoms with Crippen molar-refractivity contribution in [1.82, 2.24) is 9.88 Å². The van der Waals surface area contributed by atoms with Crippen molar-refractivity contribution < 1.29 is 4.79 Å². The van der Waals surface area contributed by atoms with Gasteiger partial charge in [-0.05, 0) is 0 Å². The summed E-state index contributed by atoms with van der Waals surface area (Å²) in [6.45, 7) is 0.588. The van der Waals surface area contributed by atoms with Gasteiger partial charge in [-0.25, -0.2) is 0 Å². The van der Waals surface area contributed by atoms with E-state index in [1.165, 1.54) is 6.07 Å². The van der Waals surface area contributed by atoms with Crippen LogP contribution >= 0.6 is 0 Å². The second-order valence-electron chi connectivity index (χ2n) is 2.90. The molecule has 0 unspecified atom stereocenters. The molecule has 0 aliphatic carbocycles. The molecule has 2 rings (SSSR count). The summed E-state index contributed by atoms with van der Waals surface area (Å²) in [4.78, 5) is 26.3. The van der Waals surface area contributed by atoms with Gasteiger partial charge in [-0.1, -0.05) is 0 Å². The first-order valence-corrected chi connectivity index (χ1v) is 3.65. The largest absolute Gasteiger partial charge is 0.337 e. The molecule has 1 amide bonds. The van der Waals surface area contributed by atoms with Crippen molar-refractivity contribution >= 4 is 5.91 Å². The van der Waals surface area contributed by atoms with Crippen molar-refractivity contribution in [3.8, 4) is 0 Å². The monoisotopic (exact) mass is 164 g/mol. The van der Waals surface area contributed by atoms with E-state index in [0.29, 0.717) is 12.1 Å². The van der Waals surface area contributed by atoms with Crippen LogP contribution in [0, 0.1) is 0 Å². The highest BCUT2D eigenvalue weighted by Crippen LogP contribution is 2.17. The number of H-pyrrole nitrogens is 1. The molecule has 0 saturated carbocycles. The summed E-state index contributed by atoms with van der Waals surface area (Å²) in [6.07, 6.45) is 1.60. The first-order valence-electron chi connectivity index (χ1n) is 3.65. The van der Waals surface area contributed by atoms with Crippen LogP contribution in [0.2, 0.25) is 0 Å². The molecule has 0 atom stereocenters. The first-order chi connectivity index (χ1) is 5.68. The third-order valence-electron chi connectivity index (χ3n) is 1.99. The Morgan fingerprint density at radius 3 is 3.00 bits per heavy atom. The molecule has 1 aliphatic rings. The fraction of sp³-hybridized carbons (Fsp3) is 0.250. The predicted molar refractivity (Wildman–Crippen MR) is 42.9 cm³/mol. The molecular formula is C8H8N2O2. The van der Waals surface area contributed by atoms with Gasteiger partial charge in [0.05, 0.1) is 5.56 Å². The van der Waals surface area contributed by atoms with Crippen molar-refractivity contribution in [2.45, 2.75) is 6.54 Å². The third kappa shape index (κ3) is 0.845. The second kappa shape index (κ2) is 2.20. The Kier molecular flexibility index (Phi) is 1.30. The lowest BCUT2D eigenvalue weighted by atomic mass is 10.2. The molecule has 1 aliphatic heterocycles. The highest BCUT2D eigenvalue weighted by Gasteiger charge is 2.24. The molecule has 0 fully saturated rings. The van der Waals surface area contributed by atoms with E-state index in [0.717, 1.165) is 5.56 Å². The maximum absolute atomic E-state index is 11.3. The zero-order chi connectivity index (χ0) is 8.72. The quantitative estimate of drug-likeness (QED) is 0.585. The Hall–Kier alpha value is -1.58. The van der Waals surface area contributed by atoms with Crippen LogP contribution in [0.25, 0.3) is 0 Å². The number of aromatic nitrogens is 1. The van der Waals surface area contributed by atoms with E-state index >= 15 is 0 Å². The van der Waals surface area contributed by atoms with Crippen molar-refractivity contribution in [2.24, 2.45) is 0 Å². The topological polar surface area (TPSA) is 53.2 Å². The first kappa shape index (κ1) is 7.09. The zero-order valence-corrected chi connectivity index (χ0v) is 6.63. The Labute approximate surface area is 68.8 Å². The minimum absolute atomic E-state index is 0.0731. The third-order valence-corrected chi connectivity index (χ3v) is 1.99. The Morgan fingerprint density at radius 2 is 2.25 bits per heavy atom. The molecule has 0 bridgehead atoms. The standard InChI is InChI=1S/C8H8N2O2/c1-10-4-5-3-9-7(11)2-6(5)8(10)12/h2-3H,4H2,1H3,(H,9,11). The fourth-order valence-corrected chi connectivity index (χ4v) is 1.36. The summed E-state index contributed by atoms with van der Waals surface area (Å²) < 4.78 is 0. The maximum Gasteiger partial charge on any atom is 0.254 e. The molecule has 1 N–H and O–H groups in total. The van der Waals surface area contributed by atoms with Crippen molar-refractivity contribution in [1.29, 1.82) is 0 Å². The summed E-state index contributed by atoms with van der Waals surface area (Å²) in [5.74, 6) is -0.0731. The number of nitrogens with one attached hydrogen (secondary N) is 1. The summed E-state index contributed by atoms with van der Waals surface area (Å²) in [6, 6.07) is 1.35. The van der Waals surface area contributed by atoms with Crippen LogP contribution in [-0.4, -0.2) is 22.8 Å². The SMILES string of the molecule is CN1Cc2c[nH]c(=O)cc2C1=O. The molecule has 1 aromatic rings. The lowest BCUT2D eigenvalue weighted by Gasteiger charge is -2.04. The number of carbonyl (C=O) groups is 1. The van der Waals surface area contributed by atoms with E-state index in [1.54, 1.807) is 18.1 Å². The van der Waals surface area contributed by atoms with Crippen LogP contribution in [0.1, 0.15) is 15.9 Å². The van der Waals surface area contributed by atoms with Gasteiger partial charge in [-0.2, -0.15) is 0 Å². The average Bonchev–Trinajstić information content (AvgIpc) is 2.31. The van der Waals surface area contributed by atoms with Crippen LogP contribution < -0.4 is 5.56 Å². The zero-order valence-electron chi connectivity index (χ0n) is 6.63. The number of carbonyl (C=O) groups excluding carboxylic acids is 1. The van der Waals surface area contributed by atoms with Crippen molar-refractivity contribution in [3.05, 3.63) is 33.7 Å². The van der Waals surface area contributed by atoms with Gasteiger partial charge >= 0.3 is 0 Å². The van der Waals surface area contributed by atoms with E-state index in [2.05, 4.69) is 4.98 Å². The van der Waals surface area contributed by atoms with Crippen molar-refractivity contribution in [3.63, 3.8) is 0 Å².